The van der Waals surface area contributed by atoms with Crippen LogP contribution in [0.4, 0.5) is 0 Å². The summed E-state index contributed by atoms with van der Waals surface area (Å²) in [7, 11) is -2.48. The molecule has 0 saturated carbocycles. The van der Waals surface area contributed by atoms with Crippen LogP contribution in [0, 0.1) is 0 Å². The Bertz CT molecular complexity index is 724. The van der Waals surface area contributed by atoms with Gasteiger partial charge >= 0.3 is 0 Å². The Labute approximate surface area is 137 Å². The number of hydrogen-bond acceptors (Lipinski definition) is 3. The maximum Gasteiger partial charge on any atom is 0.200 e. The molecule has 0 heterocycles. The largest absolute Gasteiger partial charge is 0.329 e. The Morgan fingerprint density at radius 2 is 1.65 bits per heavy atom. The average Bonchev–Trinajstić information content (AvgIpc) is 2.86. The van der Waals surface area contributed by atoms with Gasteiger partial charge in [0, 0.05) is 19.0 Å². The van der Waals surface area contributed by atoms with Crippen LogP contribution in [-0.2, 0) is 9.09 Å². The molecule has 1 unspecified atom stereocenters. The summed E-state index contributed by atoms with van der Waals surface area (Å²) in [5.41, 5.74) is 5.02. The van der Waals surface area contributed by atoms with Crippen molar-refractivity contribution in [3.8, 4) is 11.1 Å². The van der Waals surface area contributed by atoms with E-state index in [9.17, 15) is 4.57 Å². The molecule has 0 fully saturated rings. The van der Waals surface area contributed by atoms with Crippen LogP contribution in [-0.4, -0.2) is 25.6 Å². The van der Waals surface area contributed by atoms with Crippen molar-refractivity contribution in [2.45, 2.75) is 19.4 Å². The fourth-order valence-electron chi connectivity index (χ4n) is 3.10. The van der Waals surface area contributed by atoms with Gasteiger partial charge in [-0.05, 0) is 35.6 Å². The lowest BCUT2D eigenvalue weighted by Crippen LogP contribution is -1.97. The highest BCUT2D eigenvalue weighted by Crippen LogP contribution is 2.45. The van der Waals surface area contributed by atoms with Crippen LogP contribution in [0.2, 0.25) is 0 Å². The minimum atomic E-state index is -2.48. The summed E-state index contributed by atoms with van der Waals surface area (Å²) in [6, 6.07) is 16.9. The van der Waals surface area contributed by atoms with E-state index in [0.29, 0.717) is 19.2 Å². The zero-order valence-corrected chi connectivity index (χ0v) is 14.5. The molecule has 0 aliphatic heterocycles. The Hall–Kier alpha value is -1.70. The van der Waals surface area contributed by atoms with Crippen molar-refractivity contribution in [3.63, 3.8) is 0 Å². The van der Waals surface area contributed by atoms with E-state index in [-0.39, 0.29) is 6.04 Å². The first-order valence-electron chi connectivity index (χ1n) is 8.03. The Morgan fingerprint density at radius 1 is 1.09 bits per heavy atom. The molecule has 2 aromatic carbocycles. The molecule has 0 aromatic heterocycles. The molecule has 1 aliphatic carbocycles. The van der Waals surface area contributed by atoms with Gasteiger partial charge in [0.05, 0.1) is 6.61 Å². The SMILES string of the molecule is CCOP(C)(=O)CCC=NC1c2ccccc2-c2ccccc21. The molecule has 3 nitrogen and oxygen atoms in total. The van der Waals surface area contributed by atoms with Gasteiger partial charge in [0.25, 0.3) is 0 Å². The molecule has 0 radical (unpaired) electrons. The smallest absolute Gasteiger partial charge is 0.200 e. The second-order valence-corrected chi connectivity index (χ2v) is 8.59. The van der Waals surface area contributed by atoms with Crippen molar-refractivity contribution in [1.29, 1.82) is 0 Å². The average molecular weight is 327 g/mol. The van der Waals surface area contributed by atoms with Crippen molar-refractivity contribution in [1.82, 2.24) is 0 Å². The minimum absolute atomic E-state index is 0.0470. The zero-order valence-electron chi connectivity index (χ0n) is 13.6. The lowest BCUT2D eigenvalue weighted by atomic mass is 10.1. The summed E-state index contributed by atoms with van der Waals surface area (Å²) >= 11 is 0. The van der Waals surface area contributed by atoms with Crippen LogP contribution in [0.5, 0.6) is 0 Å². The van der Waals surface area contributed by atoms with Gasteiger partial charge in [-0.15, -0.1) is 0 Å². The Balaban J connectivity index is 1.78. The van der Waals surface area contributed by atoms with Crippen LogP contribution in [0.15, 0.2) is 53.5 Å². The van der Waals surface area contributed by atoms with E-state index in [1.54, 1.807) is 6.66 Å². The number of fused-ring (bicyclic) bond motifs is 3. The van der Waals surface area contributed by atoms with Gasteiger partial charge in [0.2, 0.25) is 7.37 Å². The normalized spacial score (nSPS) is 16.3. The molecule has 0 bridgehead atoms. The second kappa shape index (κ2) is 6.82. The van der Waals surface area contributed by atoms with Crippen LogP contribution >= 0.6 is 7.37 Å². The quantitative estimate of drug-likeness (QED) is 0.543. The molecule has 4 heteroatoms. The van der Waals surface area contributed by atoms with Crippen molar-refractivity contribution in [2.24, 2.45) is 4.99 Å². The Morgan fingerprint density at radius 3 is 2.22 bits per heavy atom. The summed E-state index contributed by atoms with van der Waals surface area (Å²) in [5.74, 6) is 0. The summed E-state index contributed by atoms with van der Waals surface area (Å²) in [6.45, 7) is 4.06. The van der Waals surface area contributed by atoms with Gasteiger partial charge in [-0.25, -0.2) is 0 Å². The van der Waals surface area contributed by atoms with E-state index in [0.717, 1.165) is 0 Å². The molecular weight excluding hydrogens is 305 g/mol. The third kappa shape index (κ3) is 3.46. The van der Waals surface area contributed by atoms with Crippen molar-refractivity contribution in [2.75, 3.05) is 19.4 Å². The summed E-state index contributed by atoms with van der Waals surface area (Å²) in [6.07, 6.45) is 3.12. The van der Waals surface area contributed by atoms with Gasteiger partial charge in [0.1, 0.15) is 6.04 Å². The first kappa shape index (κ1) is 16.2. The monoisotopic (exact) mass is 327 g/mol. The first-order chi connectivity index (χ1) is 11.1. The standard InChI is InChI=1S/C19H22NO2P/c1-3-22-23(2,21)14-8-13-20-19-17-11-6-4-9-15(17)16-10-5-7-12-18(16)19/h4-7,9-13,19H,3,8,14H2,1-2H3. The van der Waals surface area contributed by atoms with Crippen LogP contribution < -0.4 is 0 Å². The third-order valence-electron chi connectivity index (χ3n) is 4.12. The van der Waals surface area contributed by atoms with E-state index < -0.39 is 7.37 Å². The van der Waals surface area contributed by atoms with Gasteiger partial charge in [-0.2, -0.15) is 0 Å². The molecule has 1 aliphatic rings. The first-order valence-corrected chi connectivity index (χ1v) is 10.3. The number of rotatable bonds is 6. The van der Waals surface area contributed by atoms with Gasteiger partial charge < -0.3 is 4.52 Å². The van der Waals surface area contributed by atoms with E-state index >= 15 is 0 Å². The summed E-state index contributed by atoms with van der Waals surface area (Å²) in [4.78, 5) is 4.77. The molecule has 0 saturated heterocycles. The number of hydrogen-bond donors (Lipinski definition) is 0. The predicted molar refractivity (Wildman–Crippen MR) is 96.9 cm³/mol. The van der Waals surface area contributed by atoms with Crippen molar-refractivity contribution < 1.29 is 9.09 Å². The lowest BCUT2D eigenvalue weighted by molar-refractivity contribution is 0.337. The van der Waals surface area contributed by atoms with Crippen LogP contribution in [0.25, 0.3) is 11.1 Å². The number of nitrogens with zero attached hydrogens (tertiary/aromatic N) is 1. The maximum absolute atomic E-state index is 12.1. The molecule has 2 aromatic rings. The molecule has 23 heavy (non-hydrogen) atoms. The van der Waals surface area contributed by atoms with Gasteiger partial charge in [-0.3, -0.25) is 9.56 Å². The van der Waals surface area contributed by atoms with Gasteiger partial charge in [0.15, 0.2) is 0 Å². The molecule has 0 spiro atoms. The topological polar surface area (TPSA) is 38.7 Å². The van der Waals surface area contributed by atoms with E-state index in [4.69, 9.17) is 9.52 Å². The lowest BCUT2D eigenvalue weighted by Gasteiger charge is -2.11. The van der Waals surface area contributed by atoms with Gasteiger partial charge in [-0.1, -0.05) is 48.5 Å². The summed E-state index contributed by atoms with van der Waals surface area (Å²) in [5, 5.41) is 0. The zero-order chi connectivity index (χ0) is 16.3. The van der Waals surface area contributed by atoms with Crippen LogP contribution in [0.3, 0.4) is 0 Å². The molecule has 0 N–H and O–H groups in total. The highest BCUT2D eigenvalue weighted by Gasteiger charge is 2.26. The second-order valence-electron chi connectivity index (χ2n) is 5.85. The minimum Gasteiger partial charge on any atom is -0.329 e. The Kier molecular flexibility index (Phi) is 4.79. The summed E-state index contributed by atoms with van der Waals surface area (Å²) < 4.78 is 17.4. The molecular formula is C19H22NO2P. The van der Waals surface area contributed by atoms with E-state index in [2.05, 4.69) is 48.5 Å². The molecule has 3 rings (SSSR count). The molecule has 0 amide bonds. The molecule has 120 valence electrons. The predicted octanol–water partition coefficient (Wildman–Crippen LogP) is 5.16. The third-order valence-corrected chi connectivity index (χ3v) is 6.00. The number of benzene rings is 2. The molecule has 1 atom stereocenters. The van der Waals surface area contributed by atoms with Crippen molar-refractivity contribution in [3.05, 3.63) is 59.7 Å². The highest BCUT2D eigenvalue weighted by atomic mass is 31.2. The van der Waals surface area contributed by atoms with E-state index in [1.165, 1.54) is 22.3 Å². The maximum atomic E-state index is 12.1. The fourth-order valence-corrected chi connectivity index (χ4v) is 4.36. The highest BCUT2D eigenvalue weighted by molar-refractivity contribution is 7.58. The van der Waals surface area contributed by atoms with Crippen LogP contribution in [0.1, 0.15) is 30.5 Å². The fraction of sp³-hybridized carbons (Fsp3) is 0.316. The van der Waals surface area contributed by atoms with Crippen molar-refractivity contribution >= 4 is 13.6 Å². The number of aliphatic imine (C=N–C) groups is 1. The van der Waals surface area contributed by atoms with E-state index in [1.807, 2.05) is 13.1 Å².